The van der Waals surface area contributed by atoms with Crippen LogP contribution in [0.4, 0.5) is 5.69 Å². The highest BCUT2D eigenvalue weighted by molar-refractivity contribution is 7.90. The SMILES string of the molecule is CS(=O)(=O)c1ccccc1NCCCc1ncn[nH]1. The Bertz CT molecular complexity index is 623. The monoisotopic (exact) mass is 280 g/mol. The summed E-state index contributed by atoms with van der Waals surface area (Å²) in [5, 5.41) is 9.70. The number of para-hydroxylation sites is 1. The second kappa shape index (κ2) is 5.83. The highest BCUT2D eigenvalue weighted by atomic mass is 32.2. The van der Waals surface area contributed by atoms with Crippen LogP contribution in [0.3, 0.4) is 0 Å². The van der Waals surface area contributed by atoms with E-state index in [9.17, 15) is 8.42 Å². The van der Waals surface area contributed by atoms with Crippen molar-refractivity contribution in [2.24, 2.45) is 0 Å². The number of hydrogen-bond acceptors (Lipinski definition) is 5. The highest BCUT2D eigenvalue weighted by Gasteiger charge is 2.11. The summed E-state index contributed by atoms with van der Waals surface area (Å²) in [6, 6.07) is 6.91. The van der Waals surface area contributed by atoms with Crippen molar-refractivity contribution in [3.63, 3.8) is 0 Å². The largest absolute Gasteiger partial charge is 0.384 e. The van der Waals surface area contributed by atoms with E-state index >= 15 is 0 Å². The Morgan fingerprint density at radius 1 is 1.32 bits per heavy atom. The van der Waals surface area contributed by atoms with Gasteiger partial charge in [-0.05, 0) is 18.6 Å². The molecule has 2 aromatic rings. The lowest BCUT2D eigenvalue weighted by atomic mass is 10.2. The summed E-state index contributed by atoms with van der Waals surface area (Å²) in [4.78, 5) is 4.36. The summed E-state index contributed by atoms with van der Waals surface area (Å²) in [5.41, 5.74) is 0.641. The van der Waals surface area contributed by atoms with Gasteiger partial charge in [0, 0.05) is 19.2 Å². The molecule has 0 bridgehead atoms. The predicted molar refractivity (Wildman–Crippen MR) is 72.7 cm³/mol. The standard InChI is InChI=1S/C12H16N4O2S/c1-19(17,18)11-6-3-2-5-10(11)13-8-4-7-12-14-9-15-16-12/h2-3,5-6,9,13H,4,7-8H2,1H3,(H,14,15,16). The molecule has 2 N–H and O–H groups in total. The van der Waals surface area contributed by atoms with E-state index < -0.39 is 9.84 Å². The second-order valence-corrected chi connectivity index (χ2v) is 6.21. The van der Waals surface area contributed by atoms with Crippen LogP contribution in [0.25, 0.3) is 0 Å². The predicted octanol–water partition coefficient (Wildman–Crippen LogP) is 1.25. The molecule has 0 aliphatic heterocycles. The van der Waals surface area contributed by atoms with Gasteiger partial charge in [-0.25, -0.2) is 13.4 Å². The van der Waals surface area contributed by atoms with Crippen LogP contribution >= 0.6 is 0 Å². The maximum atomic E-state index is 11.6. The Morgan fingerprint density at radius 2 is 2.11 bits per heavy atom. The average Bonchev–Trinajstić information content (AvgIpc) is 2.87. The molecule has 1 heterocycles. The van der Waals surface area contributed by atoms with Crippen molar-refractivity contribution in [2.45, 2.75) is 17.7 Å². The Morgan fingerprint density at radius 3 is 2.79 bits per heavy atom. The highest BCUT2D eigenvalue weighted by Crippen LogP contribution is 2.20. The van der Waals surface area contributed by atoms with Crippen LogP contribution in [0.1, 0.15) is 12.2 Å². The molecule has 0 saturated heterocycles. The quantitative estimate of drug-likeness (QED) is 0.778. The fourth-order valence-electron chi connectivity index (χ4n) is 1.77. The van der Waals surface area contributed by atoms with Crippen molar-refractivity contribution in [1.82, 2.24) is 15.2 Å². The van der Waals surface area contributed by atoms with Gasteiger partial charge in [0.1, 0.15) is 12.2 Å². The van der Waals surface area contributed by atoms with Gasteiger partial charge in [-0.15, -0.1) is 0 Å². The molecule has 0 radical (unpaired) electrons. The van der Waals surface area contributed by atoms with E-state index in [1.54, 1.807) is 18.2 Å². The molecule has 0 fully saturated rings. The minimum absolute atomic E-state index is 0.328. The summed E-state index contributed by atoms with van der Waals surface area (Å²) < 4.78 is 23.2. The number of nitrogens with zero attached hydrogens (tertiary/aromatic N) is 2. The first-order chi connectivity index (χ1) is 9.07. The molecular weight excluding hydrogens is 264 g/mol. The van der Waals surface area contributed by atoms with E-state index in [1.807, 2.05) is 6.07 Å². The molecule has 19 heavy (non-hydrogen) atoms. The lowest BCUT2D eigenvalue weighted by molar-refractivity contribution is 0.602. The molecule has 6 nitrogen and oxygen atoms in total. The normalized spacial score (nSPS) is 11.4. The number of hydrogen-bond donors (Lipinski definition) is 2. The zero-order valence-electron chi connectivity index (χ0n) is 10.6. The van der Waals surface area contributed by atoms with Crippen molar-refractivity contribution >= 4 is 15.5 Å². The van der Waals surface area contributed by atoms with Gasteiger partial charge in [0.25, 0.3) is 0 Å². The van der Waals surface area contributed by atoms with Crippen LogP contribution in [-0.4, -0.2) is 36.4 Å². The summed E-state index contributed by atoms with van der Waals surface area (Å²) in [6.07, 6.45) is 4.30. The van der Waals surface area contributed by atoms with Gasteiger partial charge in [-0.3, -0.25) is 5.10 Å². The van der Waals surface area contributed by atoms with Crippen LogP contribution in [0.5, 0.6) is 0 Å². The smallest absolute Gasteiger partial charge is 0.177 e. The van der Waals surface area contributed by atoms with E-state index in [0.717, 1.165) is 18.7 Å². The van der Waals surface area contributed by atoms with Crippen molar-refractivity contribution < 1.29 is 8.42 Å². The minimum atomic E-state index is -3.20. The van der Waals surface area contributed by atoms with Gasteiger partial charge in [0.05, 0.1) is 10.6 Å². The zero-order chi connectivity index (χ0) is 13.7. The molecule has 0 spiro atoms. The first-order valence-corrected chi connectivity index (χ1v) is 7.84. The van der Waals surface area contributed by atoms with Crippen molar-refractivity contribution in [2.75, 3.05) is 18.1 Å². The number of sulfone groups is 1. The summed E-state index contributed by atoms with van der Waals surface area (Å²) in [5.74, 6) is 0.832. The molecule has 0 atom stereocenters. The number of aromatic amines is 1. The van der Waals surface area contributed by atoms with Gasteiger partial charge in [0.15, 0.2) is 9.84 Å². The Hall–Kier alpha value is -1.89. The Kier molecular flexibility index (Phi) is 4.16. The lowest BCUT2D eigenvalue weighted by Crippen LogP contribution is -2.08. The first-order valence-electron chi connectivity index (χ1n) is 5.94. The van der Waals surface area contributed by atoms with Gasteiger partial charge in [0.2, 0.25) is 0 Å². The molecule has 1 aromatic heterocycles. The number of aryl methyl sites for hydroxylation is 1. The minimum Gasteiger partial charge on any atom is -0.384 e. The van der Waals surface area contributed by atoms with Crippen molar-refractivity contribution in [3.05, 3.63) is 36.4 Å². The third kappa shape index (κ3) is 3.78. The molecule has 0 aliphatic rings. The number of aromatic nitrogens is 3. The summed E-state index contributed by atoms with van der Waals surface area (Å²) >= 11 is 0. The Balaban J connectivity index is 1.93. The van der Waals surface area contributed by atoms with Crippen LogP contribution in [0, 0.1) is 0 Å². The van der Waals surface area contributed by atoms with E-state index in [1.165, 1.54) is 12.6 Å². The molecule has 102 valence electrons. The fourth-order valence-corrected chi connectivity index (χ4v) is 2.63. The number of H-pyrrole nitrogens is 1. The molecule has 7 heteroatoms. The molecule has 1 aromatic carbocycles. The second-order valence-electron chi connectivity index (χ2n) is 4.23. The van der Waals surface area contributed by atoms with Crippen molar-refractivity contribution in [1.29, 1.82) is 0 Å². The summed E-state index contributed by atoms with van der Waals surface area (Å²) in [7, 11) is -3.20. The van der Waals surface area contributed by atoms with Crippen LogP contribution < -0.4 is 5.32 Å². The molecule has 0 saturated carbocycles. The van der Waals surface area contributed by atoms with Crippen LogP contribution in [0.2, 0.25) is 0 Å². The van der Waals surface area contributed by atoms with Gasteiger partial charge in [-0.1, -0.05) is 12.1 Å². The molecule has 0 aliphatic carbocycles. The molecule has 0 unspecified atom stereocenters. The van der Waals surface area contributed by atoms with E-state index in [0.29, 0.717) is 17.1 Å². The maximum Gasteiger partial charge on any atom is 0.177 e. The third-order valence-corrected chi connectivity index (χ3v) is 3.81. The van der Waals surface area contributed by atoms with Gasteiger partial charge >= 0.3 is 0 Å². The topological polar surface area (TPSA) is 87.7 Å². The third-order valence-electron chi connectivity index (χ3n) is 2.66. The van der Waals surface area contributed by atoms with E-state index in [2.05, 4.69) is 20.5 Å². The maximum absolute atomic E-state index is 11.6. The van der Waals surface area contributed by atoms with E-state index in [4.69, 9.17) is 0 Å². The van der Waals surface area contributed by atoms with Crippen molar-refractivity contribution in [3.8, 4) is 0 Å². The fraction of sp³-hybridized carbons (Fsp3) is 0.333. The molecule has 2 rings (SSSR count). The van der Waals surface area contributed by atoms with Gasteiger partial charge in [-0.2, -0.15) is 5.10 Å². The van der Waals surface area contributed by atoms with Crippen LogP contribution in [-0.2, 0) is 16.3 Å². The average molecular weight is 280 g/mol. The summed E-state index contributed by atoms with van der Waals surface area (Å²) in [6.45, 7) is 0.674. The number of rotatable bonds is 6. The zero-order valence-corrected chi connectivity index (χ0v) is 11.4. The van der Waals surface area contributed by atoms with Gasteiger partial charge < -0.3 is 5.32 Å². The Labute approximate surface area is 112 Å². The number of nitrogens with one attached hydrogen (secondary N) is 2. The first kappa shape index (κ1) is 13.5. The van der Waals surface area contributed by atoms with E-state index in [-0.39, 0.29) is 0 Å². The number of anilines is 1. The molecule has 0 amide bonds. The number of benzene rings is 1. The van der Waals surface area contributed by atoms with Crippen LogP contribution in [0.15, 0.2) is 35.5 Å². The lowest BCUT2D eigenvalue weighted by Gasteiger charge is -2.10. The molecular formula is C12H16N4O2S.